The van der Waals surface area contributed by atoms with Gasteiger partial charge in [-0.3, -0.25) is 10.1 Å². The van der Waals surface area contributed by atoms with Crippen LogP contribution in [0.25, 0.3) is 0 Å². The normalized spacial score (nSPS) is 21.6. The van der Waals surface area contributed by atoms with Crippen LogP contribution < -0.4 is 5.32 Å². The molecule has 120 valence electrons. The monoisotopic (exact) mass is 300 g/mol. The summed E-state index contributed by atoms with van der Waals surface area (Å²) in [5.74, 6) is -1.04. The molecule has 7 heteroatoms. The Bertz CT molecular complexity index is 378. The van der Waals surface area contributed by atoms with Gasteiger partial charge in [-0.15, -0.1) is 0 Å². The summed E-state index contributed by atoms with van der Waals surface area (Å²) in [4.78, 5) is 35.2. The van der Waals surface area contributed by atoms with Gasteiger partial charge in [0.1, 0.15) is 13.2 Å². The number of rotatable bonds is 6. The maximum absolute atomic E-state index is 11.9. The Balaban J connectivity index is 2.30. The first kappa shape index (κ1) is 17.4. The van der Waals surface area contributed by atoms with E-state index in [-0.39, 0.29) is 6.04 Å². The molecule has 0 heterocycles. The number of carboxylic acid groups (broad SMARTS) is 1. The average molecular weight is 300 g/mol. The van der Waals surface area contributed by atoms with Crippen molar-refractivity contribution in [2.24, 2.45) is 5.92 Å². The summed E-state index contributed by atoms with van der Waals surface area (Å²) in [7, 11) is 1.68. The van der Waals surface area contributed by atoms with E-state index in [9.17, 15) is 14.4 Å². The van der Waals surface area contributed by atoms with Gasteiger partial charge in [0, 0.05) is 13.1 Å². The number of imide groups is 1. The fraction of sp³-hybridized carbons (Fsp3) is 0.786. The summed E-state index contributed by atoms with van der Waals surface area (Å²) >= 11 is 0. The van der Waals surface area contributed by atoms with Crippen LogP contribution in [0.15, 0.2) is 0 Å². The van der Waals surface area contributed by atoms with Gasteiger partial charge >= 0.3 is 12.0 Å². The highest BCUT2D eigenvalue weighted by Gasteiger charge is 2.26. The summed E-state index contributed by atoms with van der Waals surface area (Å²) in [6, 6.07) is -0.306. The first-order chi connectivity index (χ1) is 9.93. The Kier molecular flexibility index (Phi) is 7.14. The molecule has 1 aliphatic rings. The van der Waals surface area contributed by atoms with Crippen LogP contribution in [0.2, 0.25) is 0 Å². The summed E-state index contributed by atoms with van der Waals surface area (Å²) in [5.41, 5.74) is 0. The van der Waals surface area contributed by atoms with Crippen LogP contribution in [0.4, 0.5) is 4.79 Å². The molecule has 0 unspecified atom stereocenters. The molecule has 0 aromatic heterocycles. The highest BCUT2D eigenvalue weighted by Crippen LogP contribution is 2.28. The lowest BCUT2D eigenvalue weighted by molar-refractivity contribution is -0.143. The number of amides is 3. The first-order valence-corrected chi connectivity index (χ1v) is 7.30. The zero-order chi connectivity index (χ0) is 15.8. The SMILES string of the molecule is CCC1CCC(N(C)C(=O)NC(=O)COCC(=O)O)CC1. The largest absolute Gasteiger partial charge is 0.480 e. The summed E-state index contributed by atoms with van der Waals surface area (Å²) < 4.78 is 4.63. The van der Waals surface area contributed by atoms with Gasteiger partial charge < -0.3 is 14.7 Å². The van der Waals surface area contributed by atoms with Crippen LogP contribution in [0.3, 0.4) is 0 Å². The van der Waals surface area contributed by atoms with E-state index in [2.05, 4.69) is 17.0 Å². The van der Waals surface area contributed by atoms with Crippen LogP contribution in [-0.2, 0) is 14.3 Å². The van der Waals surface area contributed by atoms with Crippen molar-refractivity contribution in [3.63, 3.8) is 0 Å². The summed E-state index contributed by atoms with van der Waals surface area (Å²) in [5, 5.41) is 10.6. The van der Waals surface area contributed by atoms with Gasteiger partial charge in [-0.2, -0.15) is 0 Å². The minimum absolute atomic E-state index is 0.153. The molecule has 0 aromatic rings. The van der Waals surface area contributed by atoms with Gasteiger partial charge in [0.2, 0.25) is 0 Å². The van der Waals surface area contributed by atoms with Crippen LogP contribution in [0.1, 0.15) is 39.0 Å². The van der Waals surface area contributed by atoms with E-state index in [1.54, 1.807) is 11.9 Å². The Hall–Kier alpha value is -1.63. The maximum atomic E-state index is 11.9. The quantitative estimate of drug-likeness (QED) is 0.769. The van der Waals surface area contributed by atoms with Crippen LogP contribution >= 0.6 is 0 Å². The third kappa shape index (κ3) is 6.12. The first-order valence-electron chi connectivity index (χ1n) is 7.30. The van der Waals surface area contributed by atoms with Gasteiger partial charge in [0.15, 0.2) is 0 Å². The lowest BCUT2D eigenvalue weighted by Gasteiger charge is -2.34. The van der Waals surface area contributed by atoms with Crippen molar-refractivity contribution in [3.8, 4) is 0 Å². The number of hydrogen-bond acceptors (Lipinski definition) is 4. The van der Waals surface area contributed by atoms with E-state index in [1.807, 2.05) is 0 Å². The van der Waals surface area contributed by atoms with E-state index >= 15 is 0 Å². The molecule has 2 N–H and O–H groups in total. The van der Waals surface area contributed by atoms with E-state index < -0.39 is 31.1 Å². The molecule has 21 heavy (non-hydrogen) atoms. The number of nitrogens with one attached hydrogen (secondary N) is 1. The fourth-order valence-electron chi connectivity index (χ4n) is 2.58. The predicted molar refractivity (Wildman–Crippen MR) is 75.8 cm³/mol. The molecular weight excluding hydrogens is 276 g/mol. The zero-order valence-corrected chi connectivity index (χ0v) is 12.6. The van der Waals surface area contributed by atoms with E-state index in [4.69, 9.17) is 5.11 Å². The molecule has 0 bridgehead atoms. The van der Waals surface area contributed by atoms with Gasteiger partial charge in [-0.1, -0.05) is 13.3 Å². The lowest BCUT2D eigenvalue weighted by Crippen LogP contribution is -2.47. The highest BCUT2D eigenvalue weighted by molar-refractivity contribution is 5.95. The van der Waals surface area contributed by atoms with Crippen molar-refractivity contribution in [1.82, 2.24) is 10.2 Å². The number of hydrogen-bond donors (Lipinski definition) is 2. The number of carboxylic acids is 1. The number of urea groups is 1. The van der Waals surface area contributed by atoms with Gasteiger partial charge in [-0.05, 0) is 31.6 Å². The maximum Gasteiger partial charge on any atom is 0.329 e. The van der Waals surface area contributed by atoms with Gasteiger partial charge in [0.05, 0.1) is 0 Å². The minimum atomic E-state index is -1.15. The summed E-state index contributed by atoms with van der Waals surface area (Å²) in [6.07, 6.45) is 5.28. The third-order valence-electron chi connectivity index (χ3n) is 3.97. The third-order valence-corrected chi connectivity index (χ3v) is 3.97. The van der Waals surface area contributed by atoms with Crippen molar-refractivity contribution in [1.29, 1.82) is 0 Å². The second kappa shape index (κ2) is 8.61. The van der Waals surface area contributed by atoms with Crippen molar-refractivity contribution in [3.05, 3.63) is 0 Å². The highest BCUT2D eigenvalue weighted by atomic mass is 16.5. The van der Waals surface area contributed by atoms with E-state index in [0.717, 1.165) is 31.6 Å². The van der Waals surface area contributed by atoms with Gasteiger partial charge in [-0.25, -0.2) is 9.59 Å². The molecule has 1 saturated carbocycles. The molecule has 0 atom stereocenters. The minimum Gasteiger partial charge on any atom is -0.480 e. The second-order valence-corrected chi connectivity index (χ2v) is 5.43. The van der Waals surface area contributed by atoms with Crippen molar-refractivity contribution < 1.29 is 24.2 Å². The number of aliphatic carboxylic acids is 1. The summed E-state index contributed by atoms with van der Waals surface area (Å²) in [6.45, 7) is 1.18. The molecule has 0 radical (unpaired) electrons. The molecule has 0 spiro atoms. The molecule has 3 amide bonds. The van der Waals surface area contributed by atoms with Crippen LogP contribution in [0, 0.1) is 5.92 Å². The van der Waals surface area contributed by atoms with E-state index in [0.29, 0.717) is 0 Å². The molecular formula is C14H24N2O5. The Morgan fingerprint density at radius 3 is 2.33 bits per heavy atom. The molecule has 7 nitrogen and oxygen atoms in total. The number of carbonyl (C=O) groups excluding carboxylic acids is 2. The molecule has 1 rings (SSSR count). The second-order valence-electron chi connectivity index (χ2n) is 5.43. The van der Waals surface area contributed by atoms with Crippen molar-refractivity contribution in [2.75, 3.05) is 20.3 Å². The van der Waals surface area contributed by atoms with Crippen LogP contribution in [-0.4, -0.2) is 54.2 Å². The smallest absolute Gasteiger partial charge is 0.329 e. The molecule has 1 aliphatic carbocycles. The number of carbonyl (C=O) groups is 3. The molecule has 0 aliphatic heterocycles. The van der Waals surface area contributed by atoms with Gasteiger partial charge in [0.25, 0.3) is 5.91 Å². The Labute approximate surface area is 124 Å². The van der Waals surface area contributed by atoms with E-state index in [1.165, 1.54) is 6.42 Å². The average Bonchev–Trinajstić information content (AvgIpc) is 2.46. The topological polar surface area (TPSA) is 95.9 Å². The van der Waals surface area contributed by atoms with Crippen molar-refractivity contribution in [2.45, 2.75) is 45.1 Å². The number of nitrogens with zero attached hydrogens (tertiary/aromatic N) is 1. The van der Waals surface area contributed by atoms with Crippen molar-refractivity contribution >= 4 is 17.9 Å². The predicted octanol–water partition coefficient (Wildman–Crippen LogP) is 1.22. The molecule has 0 aromatic carbocycles. The fourth-order valence-corrected chi connectivity index (χ4v) is 2.58. The standard InChI is InChI=1S/C14H24N2O5/c1-3-10-4-6-11(7-5-10)16(2)14(20)15-12(17)8-21-9-13(18)19/h10-11H,3-9H2,1-2H3,(H,18,19)(H,15,17,20). The number of ether oxygens (including phenoxy) is 1. The molecule has 1 fully saturated rings. The van der Waals surface area contributed by atoms with Crippen LogP contribution in [0.5, 0.6) is 0 Å². The Morgan fingerprint density at radius 1 is 1.19 bits per heavy atom. The zero-order valence-electron chi connectivity index (χ0n) is 12.6. The Morgan fingerprint density at radius 2 is 1.81 bits per heavy atom. The lowest BCUT2D eigenvalue weighted by atomic mass is 9.84. The molecule has 0 saturated heterocycles.